The smallest absolute Gasteiger partial charge is 0.257 e. The van der Waals surface area contributed by atoms with Crippen molar-refractivity contribution < 1.29 is 23.8 Å². The second-order valence-electron chi connectivity index (χ2n) is 9.89. The van der Waals surface area contributed by atoms with Crippen LogP contribution in [-0.2, 0) is 12.8 Å². The lowest BCUT2D eigenvalue weighted by atomic mass is 9.72. The quantitative estimate of drug-likeness (QED) is 0.364. The van der Waals surface area contributed by atoms with Crippen LogP contribution < -0.4 is 30.6 Å². The first kappa shape index (κ1) is 28.7. The minimum atomic E-state index is -0.502. The number of primary amides is 1. The van der Waals surface area contributed by atoms with Crippen LogP contribution in [0.2, 0.25) is 0 Å². The van der Waals surface area contributed by atoms with Gasteiger partial charge in [-0.25, -0.2) is 0 Å². The summed E-state index contributed by atoms with van der Waals surface area (Å²) in [4.78, 5) is 26.6. The Hall–Kier alpha value is -2.85. The lowest BCUT2D eigenvalue weighted by Gasteiger charge is -2.33. The summed E-state index contributed by atoms with van der Waals surface area (Å²) in [5.74, 6) is 0.837. The predicted molar refractivity (Wildman–Crippen MR) is 151 cm³/mol. The van der Waals surface area contributed by atoms with Gasteiger partial charge in [0.1, 0.15) is 5.00 Å². The molecule has 0 spiro atoms. The molecule has 1 atom stereocenters. The number of anilines is 1. The number of rotatable bonds is 9. The molecule has 2 amide bonds. The minimum absolute atomic E-state index is 0.0725. The van der Waals surface area contributed by atoms with Crippen molar-refractivity contribution >= 4 is 45.5 Å². The summed E-state index contributed by atoms with van der Waals surface area (Å²) in [5.41, 5.74) is 7.68. The first-order chi connectivity index (χ1) is 17.5. The van der Waals surface area contributed by atoms with E-state index in [0.29, 0.717) is 59.1 Å². The summed E-state index contributed by atoms with van der Waals surface area (Å²) >= 11 is 6.92. The number of thiophene rings is 1. The number of hydrogen-bond donors (Lipinski definition) is 3. The van der Waals surface area contributed by atoms with E-state index in [1.54, 1.807) is 12.1 Å². The van der Waals surface area contributed by atoms with Crippen molar-refractivity contribution in [2.24, 2.45) is 17.1 Å². The Balaban J connectivity index is 1.83. The summed E-state index contributed by atoms with van der Waals surface area (Å²) in [6, 6.07) is 3.20. The molecular formula is C27H37N3O5S2. The summed E-state index contributed by atoms with van der Waals surface area (Å²) < 4.78 is 17.1. The SMILES string of the molecule is CCOc1cc(C(=O)NC(=S)Nc2sc3c(c2C(N)=O)CCC(C(C)(C)C)C3)cc(OCC)c1OCC. The first-order valence-electron chi connectivity index (χ1n) is 12.6. The molecule has 1 aliphatic carbocycles. The lowest BCUT2D eigenvalue weighted by molar-refractivity contribution is 0.0974. The maximum Gasteiger partial charge on any atom is 0.257 e. The predicted octanol–water partition coefficient (Wildman–Crippen LogP) is 5.32. The number of fused-ring (bicyclic) bond motifs is 1. The highest BCUT2D eigenvalue weighted by Crippen LogP contribution is 2.44. The number of amides is 2. The Bertz CT molecular complexity index is 1140. The highest BCUT2D eigenvalue weighted by Gasteiger charge is 2.33. The third-order valence-corrected chi connectivity index (χ3v) is 7.74. The van der Waals surface area contributed by atoms with Gasteiger partial charge >= 0.3 is 0 Å². The van der Waals surface area contributed by atoms with Gasteiger partial charge in [-0.05, 0) is 81.3 Å². The maximum atomic E-state index is 13.1. The molecule has 202 valence electrons. The van der Waals surface area contributed by atoms with E-state index in [-0.39, 0.29) is 10.5 Å². The molecule has 0 saturated carbocycles. The van der Waals surface area contributed by atoms with Gasteiger partial charge in [-0.3, -0.25) is 14.9 Å². The van der Waals surface area contributed by atoms with E-state index in [2.05, 4.69) is 31.4 Å². The van der Waals surface area contributed by atoms with Crippen molar-refractivity contribution in [1.82, 2.24) is 5.32 Å². The molecule has 0 saturated heterocycles. The van der Waals surface area contributed by atoms with Crippen molar-refractivity contribution in [3.63, 3.8) is 0 Å². The van der Waals surface area contributed by atoms with Gasteiger partial charge in [0.05, 0.1) is 25.4 Å². The fraction of sp³-hybridized carbons (Fsp3) is 0.519. The molecule has 0 radical (unpaired) electrons. The van der Waals surface area contributed by atoms with Gasteiger partial charge < -0.3 is 25.3 Å². The van der Waals surface area contributed by atoms with E-state index in [9.17, 15) is 9.59 Å². The number of nitrogens with two attached hydrogens (primary N) is 1. The first-order valence-corrected chi connectivity index (χ1v) is 13.9. The van der Waals surface area contributed by atoms with Gasteiger partial charge in [-0.2, -0.15) is 0 Å². The van der Waals surface area contributed by atoms with Crippen LogP contribution in [0.4, 0.5) is 5.00 Å². The summed E-state index contributed by atoms with van der Waals surface area (Å²) in [6.45, 7) is 13.5. The third kappa shape index (κ3) is 6.73. The Morgan fingerprint density at radius 2 is 1.68 bits per heavy atom. The van der Waals surface area contributed by atoms with E-state index in [4.69, 9.17) is 32.2 Å². The molecule has 8 nitrogen and oxygen atoms in total. The fourth-order valence-corrected chi connectivity index (χ4v) is 6.10. The summed E-state index contributed by atoms with van der Waals surface area (Å²) in [6.07, 6.45) is 2.67. The van der Waals surface area contributed by atoms with Crippen molar-refractivity contribution in [2.45, 2.75) is 60.8 Å². The van der Waals surface area contributed by atoms with Crippen LogP contribution in [-0.4, -0.2) is 36.7 Å². The Kier molecular flexibility index (Phi) is 9.41. The van der Waals surface area contributed by atoms with E-state index in [0.717, 1.165) is 29.7 Å². The molecule has 1 unspecified atom stereocenters. The summed E-state index contributed by atoms with van der Waals surface area (Å²) in [7, 11) is 0. The van der Waals surface area contributed by atoms with Crippen LogP contribution in [0.5, 0.6) is 17.2 Å². The zero-order valence-corrected chi connectivity index (χ0v) is 24.0. The zero-order chi connectivity index (χ0) is 27.3. The van der Waals surface area contributed by atoms with Gasteiger partial charge in [0.15, 0.2) is 16.6 Å². The highest BCUT2D eigenvalue weighted by molar-refractivity contribution is 7.80. The minimum Gasteiger partial charge on any atom is -0.490 e. The van der Waals surface area contributed by atoms with Crippen molar-refractivity contribution in [2.75, 3.05) is 25.1 Å². The lowest BCUT2D eigenvalue weighted by Crippen LogP contribution is -2.34. The van der Waals surface area contributed by atoms with E-state index in [1.165, 1.54) is 11.3 Å². The molecule has 3 rings (SSSR count). The maximum absolute atomic E-state index is 13.1. The Morgan fingerprint density at radius 1 is 1.08 bits per heavy atom. The molecule has 1 aliphatic rings. The van der Waals surface area contributed by atoms with Gasteiger partial charge in [-0.1, -0.05) is 20.8 Å². The molecule has 0 fully saturated rings. The molecule has 1 heterocycles. The van der Waals surface area contributed by atoms with Gasteiger partial charge in [0.2, 0.25) is 5.75 Å². The van der Waals surface area contributed by atoms with Crippen LogP contribution in [0.25, 0.3) is 0 Å². The molecule has 4 N–H and O–H groups in total. The number of carbonyl (C=O) groups is 2. The monoisotopic (exact) mass is 547 g/mol. The summed E-state index contributed by atoms with van der Waals surface area (Å²) in [5, 5.41) is 6.38. The molecule has 1 aromatic heterocycles. The molecule has 0 aliphatic heterocycles. The van der Waals surface area contributed by atoms with E-state index >= 15 is 0 Å². The van der Waals surface area contributed by atoms with Crippen LogP contribution in [0.15, 0.2) is 12.1 Å². The molecular weight excluding hydrogens is 510 g/mol. The zero-order valence-electron chi connectivity index (χ0n) is 22.4. The molecule has 10 heteroatoms. The van der Waals surface area contributed by atoms with Gasteiger partial charge in [-0.15, -0.1) is 11.3 Å². The number of ether oxygens (including phenoxy) is 3. The number of nitrogens with one attached hydrogen (secondary N) is 2. The molecule has 2 aromatic rings. The van der Waals surface area contributed by atoms with Crippen LogP contribution in [0.1, 0.15) is 79.1 Å². The largest absolute Gasteiger partial charge is 0.490 e. The number of thiocarbonyl (C=S) groups is 1. The van der Waals surface area contributed by atoms with Gasteiger partial charge in [0, 0.05) is 10.4 Å². The molecule has 0 bridgehead atoms. The van der Waals surface area contributed by atoms with Crippen molar-refractivity contribution in [3.05, 3.63) is 33.7 Å². The second kappa shape index (κ2) is 12.1. The average Bonchev–Trinajstić information content (AvgIpc) is 3.17. The third-order valence-electron chi connectivity index (χ3n) is 6.36. The normalized spacial score (nSPS) is 14.9. The van der Waals surface area contributed by atoms with E-state index < -0.39 is 11.8 Å². The number of hydrogen-bond acceptors (Lipinski definition) is 7. The second-order valence-corrected chi connectivity index (χ2v) is 11.4. The van der Waals surface area contributed by atoms with Gasteiger partial charge in [0.25, 0.3) is 11.8 Å². The van der Waals surface area contributed by atoms with Crippen molar-refractivity contribution in [3.8, 4) is 17.2 Å². The van der Waals surface area contributed by atoms with Crippen molar-refractivity contribution in [1.29, 1.82) is 0 Å². The topological polar surface area (TPSA) is 112 Å². The highest BCUT2D eigenvalue weighted by atomic mass is 32.1. The Morgan fingerprint density at radius 3 is 2.19 bits per heavy atom. The average molecular weight is 548 g/mol. The molecule has 37 heavy (non-hydrogen) atoms. The fourth-order valence-electron chi connectivity index (χ4n) is 4.50. The number of carbonyl (C=O) groups excluding carboxylic acids is 2. The van der Waals surface area contributed by atoms with Crippen LogP contribution in [0.3, 0.4) is 0 Å². The molecule has 1 aromatic carbocycles. The number of benzene rings is 1. The Labute approximate surface area is 228 Å². The van der Waals surface area contributed by atoms with Crippen LogP contribution >= 0.6 is 23.6 Å². The standard InChI is InChI=1S/C27H37N3O5S2/c1-7-33-18-12-15(13-19(34-8-2)22(18)35-9-3)24(32)29-26(36)30-25-21(23(28)31)17-11-10-16(27(4,5)6)14-20(17)37-25/h12-13,16H,7-11,14H2,1-6H3,(H2,28,31)(H2,29,30,32,36). The van der Waals surface area contributed by atoms with E-state index in [1.807, 2.05) is 20.8 Å². The van der Waals surface area contributed by atoms with Crippen LogP contribution in [0, 0.1) is 11.3 Å².